The lowest BCUT2D eigenvalue weighted by Gasteiger charge is -2.34. The number of thiol groups is 1. The number of likely N-dealkylation sites (tertiary alicyclic amines) is 1. The zero-order valence-corrected chi connectivity index (χ0v) is 16.2. The zero-order chi connectivity index (χ0) is 18.4. The van der Waals surface area contributed by atoms with Crippen molar-refractivity contribution in [2.75, 3.05) is 13.1 Å². The maximum absolute atomic E-state index is 8.91. The summed E-state index contributed by atoms with van der Waals surface area (Å²) in [7, 11) is -1.17. The molecule has 1 atom stereocenters. The number of aromatic nitrogens is 1. The Kier molecular flexibility index (Phi) is 7.37. The molecule has 0 amide bonds. The average Bonchev–Trinajstić information content (AvgIpc) is 2.66. The Balaban J connectivity index is 1.46. The van der Waals surface area contributed by atoms with Crippen LogP contribution >= 0.6 is 12.6 Å². The molecule has 3 rings (SSSR count). The van der Waals surface area contributed by atoms with Gasteiger partial charge < -0.3 is 10.0 Å². The first-order valence-electron chi connectivity index (χ1n) is 9.72. The summed E-state index contributed by atoms with van der Waals surface area (Å²) in [6, 6.07) is 10.6. The van der Waals surface area contributed by atoms with E-state index >= 15 is 0 Å². The largest absolute Gasteiger partial charge is 0.451 e. The van der Waals surface area contributed by atoms with Crippen molar-refractivity contribution in [1.82, 2.24) is 9.88 Å². The molecule has 1 saturated heterocycles. The molecule has 2 N–H and O–H groups in total. The normalized spacial score (nSPS) is 17.5. The molecule has 0 saturated carbocycles. The van der Waals surface area contributed by atoms with Crippen LogP contribution in [0, 0.1) is 5.92 Å². The van der Waals surface area contributed by atoms with Gasteiger partial charge in [-0.2, -0.15) is 12.6 Å². The molecule has 2 aromatic rings. The quantitative estimate of drug-likeness (QED) is 0.378. The fourth-order valence-corrected chi connectivity index (χ4v) is 4.43. The predicted octanol–water partition coefficient (Wildman–Crippen LogP) is 3.39. The number of hydrogen-bond donors (Lipinski definition) is 3. The number of hydrogen-bond acceptors (Lipinski definition) is 5. The molecule has 140 valence electrons. The lowest BCUT2D eigenvalue weighted by molar-refractivity contribution is 0.174. The minimum absolute atomic E-state index is 0.423. The summed E-state index contributed by atoms with van der Waals surface area (Å²) in [6.07, 6.45) is 7.67. The number of benzene rings is 1. The van der Waals surface area contributed by atoms with Crippen molar-refractivity contribution in [3.63, 3.8) is 0 Å². The van der Waals surface area contributed by atoms with Crippen LogP contribution in [0.5, 0.6) is 0 Å². The standard InChI is InChI=1S/C20H29BN2O2S/c24-21(25)11-2-1-8-19(26)16-9-13-23(14-10-16)15-18-6-3-5-17-7-4-12-22-20(17)18/h3-7,12,16,19,24-26H,1-2,8-11,13-15H2. The Hall–Kier alpha value is -1.08. The smallest absolute Gasteiger partial charge is 0.427 e. The summed E-state index contributed by atoms with van der Waals surface area (Å²) in [4.78, 5) is 7.10. The minimum Gasteiger partial charge on any atom is -0.427 e. The van der Waals surface area contributed by atoms with Gasteiger partial charge in [-0.25, -0.2) is 0 Å². The number of piperidine rings is 1. The van der Waals surface area contributed by atoms with Crippen LogP contribution in [0.2, 0.25) is 6.32 Å². The van der Waals surface area contributed by atoms with Crippen molar-refractivity contribution in [3.05, 3.63) is 42.1 Å². The third kappa shape index (κ3) is 5.46. The van der Waals surface area contributed by atoms with Gasteiger partial charge in [0.15, 0.2) is 0 Å². The summed E-state index contributed by atoms with van der Waals surface area (Å²) < 4.78 is 0. The fraction of sp³-hybridized carbons (Fsp3) is 0.550. The average molecular weight is 372 g/mol. The van der Waals surface area contributed by atoms with Crippen LogP contribution in [-0.2, 0) is 6.54 Å². The Morgan fingerprint density at radius 1 is 1.15 bits per heavy atom. The highest BCUT2D eigenvalue weighted by molar-refractivity contribution is 7.81. The molecule has 2 heterocycles. The van der Waals surface area contributed by atoms with Crippen LogP contribution in [0.15, 0.2) is 36.5 Å². The van der Waals surface area contributed by atoms with Gasteiger partial charge in [0.05, 0.1) is 5.52 Å². The van der Waals surface area contributed by atoms with Crippen LogP contribution in [0.1, 0.15) is 37.7 Å². The Morgan fingerprint density at radius 3 is 2.69 bits per heavy atom. The van der Waals surface area contributed by atoms with E-state index in [1.807, 2.05) is 12.3 Å². The van der Waals surface area contributed by atoms with E-state index < -0.39 is 7.12 Å². The molecule has 1 unspecified atom stereocenters. The number of nitrogens with zero attached hydrogens (tertiary/aromatic N) is 2. The fourth-order valence-electron chi connectivity index (χ4n) is 3.95. The van der Waals surface area contributed by atoms with Gasteiger partial charge in [0, 0.05) is 23.4 Å². The Morgan fingerprint density at radius 2 is 1.92 bits per heavy atom. The number of rotatable bonds is 8. The lowest BCUT2D eigenvalue weighted by atomic mass is 9.82. The summed E-state index contributed by atoms with van der Waals surface area (Å²) in [5.41, 5.74) is 2.43. The van der Waals surface area contributed by atoms with Crippen molar-refractivity contribution in [1.29, 1.82) is 0 Å². The third-order valence-corrected chi connectivity index (χ3v) is 6.18. The summed E-state index contributed by atoms with van der Waals surface area (Å²) >= 11 is 4.82. The molecule has 1 aliphatic rings. The van der Waals surface area contributed by atoms with Gasteiger partial charge in [0.25, 0.3) is 0 Å². The number of fused-ring (bicyclic) bond motifs is 1. The molecule has 1 aromatic carbocycles. The SMILES string of the molecule is OB(O)CCCCC(S)C1CCN(Cc2cccc3cccnc23)CC1. The van der Waals surface area contributed by atoms with E-state index in [-0.39, 0.29) is 0 Å². The molecule has 6 heteroatoms. The van der Waals surface area contributed by atoms with E-state index in [2.05, 4.69) is 34.1 Å². The topological polar surface area (TPSA) is 56.6 Å². The van der Waals surface area contributed by atoms with E-state index in [0.717, 1.165) is 44.4 Å². The highest BCUT2D eigenvalue weighted by atomic mass is 32.1. The number of pyridine rings is 1. The lowest BCUT2D eigenvalue weighted by Crippen LogP contribution is -2.36. The van der Waals surface area contributed by atoms with Gasteiger partial charge >= 0.3 is 7.12 Å². The van der Waals surface area contributed by atoms with Crippen molar-refractivity contribution in [3.8, 4) is 0 Å². The van der Waals surface area contributed by atoms with Crippen LogP contribution in [0.3, 0.4) is 0 Å². The van der Waals surface area contributed by atoms with Gasteiger partial charge in [-0.1, -0.05) is 37.1 Å². The van der Waals surface area contributed by atoms with E-state index in [1.165, 1.54) is 23.8 Å². The van der Waals surface area contributed by atoms with Crippen LogP contribution < -0.4 is 0 Å². The molecule has 0 bridgehead atoms. The van der Waals surface area contributed by atoms with Gasteiger partial charge in [-0.15, -0.1) is 0 Å². The maximum Gasteiger partial charge on any atom is 0.451 e. The highest BCUT2D eigenvalue weighted by Crippen LogP contribution is 2.29. The van der Waals surface area contributed by atoms with Crippen LogP contribution in [0.25, 0.3) is 10.9 Å². The second-order valence-corrected chi connectivity index (χ2v) is 8.10. The van der Waals surface area contributed by atoms with E-state index in [4.69, 9.17) is 22.7 Å². The maximum atomic E-state index is 8.91. The third-order valence-electron chi connectivity index (χ3n) is 5.50. The molecule has 1 aliphatic heterocycles. The molecule has 0 aliphatic carbocycles. The van der Waals surface area contributed by atoms with Crippen molar-refractivity contribution < 1.29 is 10.0 Å². The first kappa shape index (κ1) is 19.7. The van der Waals surface area contributed by atoms with E-state index in [0.29, 0.717) is 17.5 Å². The van der Waals surface area contributed by atoms with Crippen LogP contribution in [-0.4, -0.2) is 45.4 Å². The molecule has 4 nitrogen and oxygen atoms in total. The van der Waals surface area contributed by atoms with E-state index in [1.54, 1.807) is 0 Å². The Bertz CT molecular complexity index is 687. The second-order valence-electron chi connectivity index (χ2n) is 7.44. The van der Waals surface area contributed by atoms with Crippen molar-refractivity contribution in [2.24, 2.45) is 5.92 Å². The monoisotopic (exact) mass is 372 g/mol. The highest BCUT2D eigenvalue weighted by Gasteiger charge is 2.24. The molecule has 0 radical (unpaired) electrons. The molecule has 26 heavy (non-hydrogen) atoms. The van der Waals surface area contributed by atoms with Gasteiger partial charge in [-0.3, -0.25) is 9.88 Å². The Labute approximate surface area is 162 Å². The van der Waals surface area contributed by atoms with Crippen molar-refractivity contribution >= 4 is 30.7 Å². The molecular formula is C20H29BN2O2S. The first-order chi connectivity index (χ1) is 12.6. The molecule has 0 spiro atoms. The molecule has 1 aromatic heterocycles. The van der Waals surface area contributed by atoms with E-state index in [9.17, 15) is 0 Å². The summed E-state index contributed by atoms with van der Waals surface area (Å²) in [6.45, 7) is 3.19. The molecule has 1 fully saturated rings. The van der Waals surface area contributed by atoms with Crippen LogP contribution in [0.4, 0.5) is 0 Å². The van der Waals surface area contributed by atoms with Gasteiger partial charge in [0.1, 0.15) is 0 Å². The van der Waals surface area contributed by atoms with Gasteiger partial charge in [-0.05, 0) is 56.2 Å². The number of para-hydroxylation sites is 1. The zero-order valence-electron chi connectivity index (χ0n) is 15.3. The number of unbranched alkanes of at least 4 members (excludes halogenated alkanes) is 1. The summed E-state index contributed by atoms with van der Waals surface area (Å²) in [5, 5.41) is 19.5. The molecular weight excluding hydrogens is 343 g/mol. The van der Waals surface area contributed by atoms with Crippen molar-refractivity contribution in [2.45, 2.75) is 50.2 Å². The predicted molar refractivity (Wildman–Crippen MR) is 111 cm³/mol. The summed E-state index contributed by atoms with van der Waals surface area (Å²) in [5.74, 6) is 0.666. The van der Waals surface area contributed by atoms with Gasteiger partial charge in [0.2, 0.25) is 0 Å². The second kappa shape index (κ2) is 9.74. The minimum atomic E-state index is -1.17. The first-order valence-corrected chi connectivity index (χ1v) is 10.2.